The number of hydrogen-bond donors (Lipinski definition) is 1. The molecular formula is C21H24BrNO4. The molecule has 0 spiro atoms. The summed E-state index contributed by atoms with van der Waals surface area (Å²) in [6, 6.07) is 15.1. The van der Waals surface area contributed by atoms with Crippen LogP contribution in [-0.4, -0.2) is 25.5 Å². The number of halogens is 1. The Hall–Kier alpha value is -2.34. The van der Waals surface area contributed by atoms with Crippen LogP contribution in [0.1, 0.15) is 48.2 Å². The van der Waals surface area contributed by atoms with Crippen molar-refractivity contribution in [1.82, 2.24) is 5.32 Å². The Kier molecular flexibility index (Phi) is 8.33. The van der Waals surface area contributed by atoms with E-state index in [1.807, 2.05) is 36.4 Å². The molecule has 2 rings (SSSR count). The predicted octanol–water partition coefficient (Wildman–Crippen LogP) is 4.66. The van der Waals surface area contributed by atoms with Gasteiger partial charge in [0.25, 0.3) is 5.91 Å². The van der Waals surface area contributed by atoms with E-state index in [-0.39, 0.29) is 30.9 Å². The average molecular weight is 434 g/mol. The second-order valence-corrected chi connectivity index (χ2v) is 6.97. The first-order chi connectivity index (χ1) is 13.0. The standard InChI is InChI=1S/C21H24BrNO4/c1-3-4-19(27-18-11-9-17(22)10-12-18)15-5-7-16(8-6-15)21(25)23-14-13-20(24)26-2/h5-12,19H,3-4,13-14H2,1-2H3,(H,23,25). The van der Waals surface area contributed by atoms with Gasteiger partial charge in [-0.05, 0) is 48.4 Å². The molecule has 0 saturated carbocycles. The molecule has 0 radical (unpaired) electrons. The Morgan fingerprint density at radius 3 is 2.33 bits per heavy atom. The van der Waals surface area contributed by atoms with Gasteiger partial charge in [-0.3, -0.25) is 9.59 Å². The monoisotopic (exact) mass is 433 g/mol. The number of ether oxygens (including phenoxy) is 2. The lowest BCUT2D eigenvalue weighted by Crippen LogP contribution is -2.26. The van der Waals surface area contributed by atoms with Crippen molar-refractivity contribution >= 4 is 27.8 Å². The van der Waals surface area contributed by atoms with Gasteiger partial charge in [0.15, 0.2) is 0 Å². The maximum absolute atomic E-state index is 12.1. The normalized spacial score (nSPS) is 11.5. The van der Waals surface area contributed by atoms with E-state index in [1.54, 1.807) is 12.1 Å². The number of benzene rings is 2. The summed E-state index contributed by atoms with van der Waals surface area (Å²) in [6.07, 6.45) is 1.94. The molecule has 27 heavy (non-hydrogen) atoms. The van der Waals surface area contributed by atoms with E-state index in [4.69, 9.17) is 4.74 Å². The molecule has 5 nitrogen and oxygen atoms in total. The minimum Gasteiger partial charge on any atom is -0.486 e. The number of carbonyl (C=O) groups excluding carboxylic acids is 2. The third-order valence-corrected chi connectivity index (χ3v) is 4.56. The number of rotatable bonds is 9. The summed E-state index contributed by atoms with van der Waals surface area (Å²) in [5, 5.41) is 2.71. The van der Waals surface area contributed by atoms with Gasteiger partial charge in [0.1, 0.15) is 11.9 Å². The maximum atomic E-state index is 12.1. The summed E-state index contributed by atoms with van der Waals surface area (Å²) in [5.41, 5.74) is 1.56. The molecule has 2 aromatic carbocycles. The van der Waals surface area contributed by atoms with Crippen molar-refractivity contribution in [2.45, 2.75) is 32.3 Å². The Morgan fingerprint density at radius 1 is 1.07 bits per heavy atom. The molecule has 0 fully saturated rings. The lowest BCUT2D eigenvalue weighted by atomic mass is 10.0. The fraction of sp³-hybridized carbons (Fsp3) is 0.333. The van der Waals surface area contributed by atoms with E-state index in [9.17, 15) is 9.59 Å². The number of esters is 1. The molecule has 6 heteroatoms. The van der Waals surface area contributed by atoms with Gasteiger partial charge in [-0.15, -0.1) is 0 Å². The summed E-state index contributed by atoms with van der Waals surface area (Å²) >= 11 is 3.42. The van der Waals surface area contributed by atoms with Crippen molar-refractivity contribution in [3.63, 3.8) is 0 Å². The van der Waals surface area contributed by atoms with E-state index in [0.717, 1.165) is 28.6 Å². The quantitative estimate of drug-likeness (QED) is 0.583. The summed E-state index contributed by atoms with van der Waals surface area (Å²) in [5.74, 6) is 0.241. The molecule has 0 aromatic heterocycles. The first kappa shape index (κ1) is 21.0. The zero-order chi connectivity index (χ0) is 19.6. The van der Waals surface area contributed by atoms with Gasteiger partial charge in [0.05, 0.1) is 13.5 Å². The van der Waals surface area contributed by atoms with Crippen molar-refractivity contribution in [3.05, 3.63) is 64.1 Å². The molecule has 144 valence electrons. The molecule has 1 unspecified atom stereocenters. The Balaban J connectivity index is 2.00. The van der Waals surface area contributed by atoms with Gasteiger partial charge >= 0.3 is 5.97 Å². The lowest BCUT2D eigenvalue weighted by Gasteiger charge is -2.19. The third kappa shape index (κ3) is 6.71. The molecule has 0 aliphatic rings. The van der Waals surface area contributed by atoms with Crippen LogP contribution in [0.5, 0.6) is 5.75 Å². The molecule has 1 N–H and O–H groups in total. The Labute approximate surface area is 168 Å². The van der Waals surface area contributed by atoms with E-state index in [2.05, 4.69) is 32.9 Å². The van der Waals surface area contributed by atoms with E-state index >= 15 is 0 Å². The van der Waals surface area contributed by atoms with Gasteiger partial charge in [-0.25, -0.2) is 0 Å². The topological polar surface area (TPSA) is 64.6 Å². The fourth-order valence-electron chi connectivity index (χ4n) is 2.56. The minimum atomic E-state index is -0.349. The van der Waals surface area contributed by atoms with E-state index in [0.29, 0.717) is 5.56 Å². The third-order valence-electron chi connectivity index (χ3n) is 4.03. The Bertz CT molecular complexity index is 744. The van der Waals surface area contributed by atoms with Crippen LogP contribution in [0.25, 0.3) is 0 Å². The SMILES string of the molecule is CCCC(Oc1ccc(Br)cc1)c1ccc(C(=O)NCCC(=O)OC)cc1. The summed E-state index contributed by atoms with van der Waals surface area (Å²) in [7, 11) is 1.33. The molecule has 0 saturated heterocycles. The first-order valence-electron chi connectivity index (χ1n) is 8.90. The number of methoxy groups -OCH3 is 1. The number of carbonyl (C=O) groups is 2. The van der Waals surface area contributed by atoms with Crippen molar-refractivity contribution in [2.75, 3.05) is 13.7 Å². The van der Waals surface area contributed by atoms with Crippen molar-refractivity contribution in [2.24, 2.45) is 0 Å². The number of amides is 1. The van der Waals surface area contributed by atoms with Crippen molar-refractivity contribution in [1.29, 1.82) is 0 Å². The average Bonchev–Trinajstić information content (AvgIpc) is 2.69. The van der Waals surface area contributed by atoms with Crippen LogP contribution in [0, 0.1) is 0 Å². The maximum Gasteiger partial charge on any atom is 0.307 e. The highest BCUT2D eigenvalue weighted by atomic mass is 79.9. The van der Waals surface area contributed by atoms with Crippen LogP contribution < -0.4 is 10.1 Å². The second kappa shape index (κ2) is 10.7. The molecule has 1 amide bonds. The highest BCUT2D eigenvalue weighted by Crippen LogP contribution is 2.27. The van der Waals surface area contributed by atoms with Gasteiger partial charge in [-0.1, -0.05) is 41.4 Å². The van der Waals surface area contributed by atoms with Crippen LogP contribution >= 0.6 is 15.9 Å². The van der Waals surface area contributed by atoms with Crippen LogP contribution in [0.2, 0.25) is 0 Å². The largest absolute Gasteiger partial charge is 0.486 e. The van der Waals surface area contributed by atoms with Crippen LogP contribution in [-0.2, 0) is 9.53 Å². The molecule has 0 aliphatic carbocycles. The van der Waals surface area contributed by atoms with Crippen LogP contribution in [0.4, 0.5) is 0 Å². The molecular weight excluding hydrogens is 410 g/mol. The highest BCUT2D eigenvalue weighted by molar-refractivity contribution is 9.10. The van der Waals surface area contributed by atoms with Crippen molar-refractivity contribution in [3.8, 4) is 5.75 Å². The van der Waals surface area contributed by atoms with Gasteiger partial charge in [-0.2, -0.15) is 0 Å². The van der Waals surface area contributed by atoms with Crippen LogP contribution in [0.3, 0.4) is 0 Å². The van der Waals surface area contributed by atoms with Gasteiger partial charge < -0.3 is 14.8 Å². The highest BCUT2D eigenvalue weighted by Gasteiger charge is 2.14. The zero-order valence-corrected chi connectivity index (χ0v) is 17.1. The number of hydrogen-bond acceptors (Lipinski definition) is 4. The molecule has 0 bridgehead atoms. The number of nitrogens with one attached hydrogen (secondary N) is 1. The fourth-order valence-corrected chi connectivity index (χ4v) is 2.83. The van der Waals surface area contributed by atoms with E-state index < -0.39 is 0 Å². The Morgan fingerprint density at radius 2 is 1.74 bits per heavy atom. The van der Waals surface area contributed by atoms with Crippen LogP contribution in [0.15, 0.2) is 53.0 Å². The predicted molar refractivity (Wildman–Crippen MR) is 108 cm³/mol. The molecule has 1 atom stereocenters. The molecule has 0 heterocycles. The first-order valence-corrected chi connectivity index (χ1v) is 9.70. The van der Waals surface area contributed by atoms with Gasteiger partial charge in [0.2, 0.25) is 0 Å². The zero-order valence-electron chi connectivity index (χ0n) is 15.5. The van der Waals surface area contributed by atoms with Crippen molar-refractivity contribution < 1.29 is 19.1 Å². The smallest absolute Gasteiger partial charge is 0.307 e. The van der Waals surface area contributed by atoms with Gasteiger partial charge in [0, 0.05) is 16.6 Å². The lowest BCUT2D eigenvalue weighted by molar-refractivity contribution is -0.140. The molecule has 2 aromatic rings. The minimum absolute atomic E-state index is 0.0763. The van der Waals surface area contributed by atoms with E-state index in [1.165, 1.54) is 7.11 Å². The summed E-state index contributed by atoms with van der Waals surface area (Å²) in [4.78, 5) is 23.2. The molecule has 0 aliphatic heterocycles. The second-order valence-electron chi connectivity index (χ2n) is 6.05. The summed E-state index contributed by atoms with van der Waals surface area (Å²) < 4.78 is 11.7. The summed E-state index contributed by atoms with van der Waals surface area (Å²) in [6.45, 7) is 2.36.